The lowest BCUT2D eigenvalue weighted by molar-refractivity contribution is -0.119. The van der Waals surface area contributed by atoms with E-state index in [0.29, 0.717) is 12.0 Å². The molecular weight excluding hydrogens is 316 g/mol. The molecule has 1 spiro atoms. The zero-order valence-electron chi connectivity index (χ0n) is 15.2. The summed E-state index contributed by atoms with van der Waals surface area (Å²) in [5, 5.41) is 6.19. The van der Waals surface area contributed by atoms with Crippen LogP contribution in [0.1, 0.15) is 51.2 Å². The molecule has 1 amide bonds. The standard InChI is InChI=1S/C19H30N4O2/c1-2-20-18(22-14-17(24)21-13-16-7-6-12-25-16)23-11-10-19(15-23)8-4-3-5-9-19/h6-7,12H,2-5,8-11,13-15H2,1H3,(H,20,22)(H,21,24). The summed E-state index contributed by atoms with van der Waals surface area (Å²) >= 11 is 0. The van der Waals surface area contributed by atoms with Gasteiger partial charge in [-0.25, -0.2) is 4.99 Å². The molecule has 2 heterocycles. The fourth-order valence-corrected chi connectivity index (χ4v) is 4.05. The average molecular weight is 346 g/mol. The van der Waals surface area contributed by atoms with Crippen LogP contribution in [0.15, 0.2) is 27.8 Å². The van der Waals surface area contributed by atoms with Gasteiger partial charge in [-0.2, -0.15) is 0 Å². The van der Waals surface area contributed by atoms with E-state index in [2.05, 4.69) is 27.4 Å². The van der Waals surface area contributed by atoms with Crippen LogP contribution >= 0.6 is 0 Å². The van der Waals surface area contributed by atoms with Crippen molar-refractivity contribution in [3.63, 3.8) is 0 Å². The van der Waals surface area contributed by atoms with Gasteiger partial charge in [0.05, 0.1) is 12.8 Å². The molecule has 0 atom stereocenters. The Bertz CT molecular complexity index is 576. The Morgan fingerprint density at radius 1 is 1.28 bits per heavy atom. The van der Waals surface area contributed by atoms with Gasteiger partial charge in [-0.3, -0.25) is 4.79 Å². The van der Waals surface area contributed by atoms with Crippen molar-refractivity contribution in [3.8, 4) is 0 Å². The van der Waals surface area contributed by atoms with Gasteiger partial charge in [-0.05, 0) is 43.7 Å². The summed E-state index contributed by atoms with van der Waals surface area (Å²) in [5.41, 5.74) is 0.482. The third-order valence-electron chi connectivity index (χ3n) is 5.40. The van der Waals surface area contributed by atoms with Crippen molar-refractivity contribution in [1.82, 2.24) is 15.5 Å². The van der Waals surface area contributed by atoms with E-state index in [0.717, 1.165) is 31.4 Å². The van der Waals surface area contributed by atoms with E-state index in [9.17, 15) is 4.79 Å². The fourth-order valence-electron chi connectivity index (χ4n) is 4.05. The van der Waals surface area contributed by atoms with Gasteiger partial charge in [0, 0.05) is 19.6 Å². The zero-order chi connectivity index (χ0) is 17.5. The molecule has 2 N–H and O–H groups in total. The summed E-state index contributed by atoms with van der Waals surface area (Å²) in [4.78, 5) is 19.0. The lowest BCUT2D eigenvalue weighted by Gasteiger charge is -2.33. The number of nitrogens with one attached hydrogen (secondary N) is 2. The molecule has 6 heteroatoms. The molecule has 138 valence electrons. The number of carbonyl (C=O) groups is 1. The maximum Gasteiger partial charge on any atom is 0.242 e. The number of carbonyl (C=O) groups excluding carboxylic acids is 1. The van der Waals surface area contributed by atoms with Crippen LogP contribution in [0.4, 0.5) is 0 Å². The van der Waals surface area contributed by atoms with Crippen molar-refractivity contribution in [2.24, 2.45) is 10.4 Å². The van der Waals surface area contributed by atoms with Gasteiger partial charge in [-0.1, -0.05) is 19.3 Å². The molecule has 2 fully saturated rings. The van der Waals surface area contributed by atoms with E-state index in [-0.39, 0.29) is 12.5 Å². The number of hydrogen-bond acceptors (Lipinski definition) is 3. The van der Waals surface area contributed by atoms with Crippen LogP contribution in [-0.2, 0) is 11.3 Å². The molecule has 1 aromatic rings. The fraction of sp³-hybridized carbons (Fsp3) is 0.684. The highest BCUT2D eigenvalue weighted by Gasteiger charge is 2.39. The first-order chi connectivity index (χ1) is 12.2. The first-order valence-electron chi connectivity index (χ1n) is 9.53. The van der Waals surface area contributed by atoms with Gasteiger partial charge in [0.15, 0.2) is 5.96 Å². The number of amides is 1. The monoisotopic (exact) mass is 346 g/mol. The first kappa shape index (κ1) is 17.8. The Kier molecular flexibility index (Phi) is 6.00. The van der Waals surface area contributed by atoms with Crippen LogP contribution in [0.2, 0.25) is 0 Å². The van der Waals surface area contributed by atoms with Crippen LogP contribution in [0.5, 0.6) is 0 Å². The maximum absolute atomic E-state index is 12.1. The Morgan fingerprint density at radius 2 is 2.12 bits per heavy atom. The molecule has 0 bridgehead atoms. The van der Waals surface area contributed by atoms with Gasteiger partial charge in [0.25, 0.3) is 0 Å². The molecule has 2 aliphatic rings. The number of rotatable bonds is 5. The summed E-state index contributed by atoms with van der Waals surface area (Å²) in [7, 11) is 0. The smallest absolute Gasteiger partial charge is 0.242 e. The molecular formula is C19H30N4O2. The number of furan rings is 1. The number of hydrogen-bond donors (Lipinski definition) is 2. The molecule has 6 nitrogen and oxygen atoms in total. The third-order valence-corrected chi connectivity index (χ3v) is 5.40. The van der Waals surface area contributed by atoms with Crippen LogP contribution in [0.25, 0.3) is 0 Å². The summed E-state index contributed by atoms with van der Waals surface area (Å²) < 4.78 is 5.22. The predicted octanol–water partition coefficient (Wildman–Crippen LogP) is 2.52. The van der Waals surface area contributed by atoms with Gasteiger partial charge < -0.3 is 20.0 Å². The largest absolute Gasteiger partial charge is 0.467 e. The van der Waals surface area contributed by atoms with E-state index in [4.69, 9.17) is 4.42 Å². The van der Waals surface area contributed by atoms with Crippen molar-refractivity contribution in [2.45, 2.75) is 52.0 Å². The number of nitrogens with zero attached hydrogens (tertiary/aromatic N) is 2. The molecule has 25 heavy (non-hydrogen) atoms. The van der Waals surface area contributed by atoms with Gasteiger partial charge in [0.2, 0.25) is 5.91 Å². The van der Waals surface area contributed by atoms with Crippen molar-refractivity contribution < 1.29 is 9.21 Å². The summed E-state index contributed by atoms with van der Waals surface area (Å²) in [5.74, 6) is 1.54. The Balaban J connectivity index is 1.53. The summed E-state index contributed by atoms with van der Waals surface area (Å²) in [6.07, 6.45) is 9.64. The lowest BCUT2D eigenvalue weighted by atomic mass is 9.73. The Hall–Kier alpha value is -1.98. The van der Waals surface area contributed by atoms with E-state index in [1.807, 2.05) is 12.1 Å². The van der Waals surface area contributed by atoms with Crippen molar-refractivity contribution in [3.05, 3.63) is 24.2 Å². The average Bonchev–Trinajstić information content (AvgIpc) is 3.28. The van der Waals surface area contributed by atoms with Crippen LogP contribution < -0.4 is 10.6 Å². The SMILES string of the molecule is CCNC(=NCC(=O)NCc1ccco1)N1CCC2(CCCCC2)C1. The quantitative estimate of drug-likeness (QED) is 0.635. The molecule has 1 saturated carbocycles. The van der Waals surface area contributed by atoms with Crippen LogP contribution in [0.3, 0.4) is 0 Å². The van der Waals surface area contributed by atoms with Gasteiger partial charge in [0.1, 0.15) is 12.3 Å². The second-order valence-electron chi connectivity index (χ2n) is 7.26. The zero-order valence-corrected chi connectivity index (χ0v) is 15.2. The van der Waals surface area contributed by atoms with Crippen molar-refractivity contribution >= 4 is 11.9 Å². The van der Waals surface area contributed by atoms with Crippen molar-refractivity contribution in [2.75, 3.05) is 26.2 Å². The van der Waals surface area contributed by atoms with E-state index in [1.165, 1.54) is 38.5 Å². The summed E-state index contributed by atoms with van der Waals surface area (Å²) in [6.45, 7) is 5.55. The van der Waals surface area contributed by atoms with E-state index < -0.39 is 0 Å². The molecule has 0 unspecified atom stereocenters. The molecule has 1 saturated heterocycles. The number of likely N-dealkylation sites (tertiary alicyclic amines) is 1. The number of guanidine groups is 1. The molecule has 0 radical (unpaired) electrons. The molecule has 1 aliphatic heterocycles. The maximum atomic E-state index is 12.1. The highest BCUT2D eigenvalue weighted by Crippen LogP contribution is 2.43. The third kappa shape index (κ3) is 4.77. The van der Waals surface area contributed by atoms with Crippen molar-refractivity contribution in [1.29, 1.82) is 0 Å². The van der Waals surface area contributed by atoms with E-state index in [1.54, 1.807) is 6.26 Å². The van der Waals surface area contributed by atoms with Gasteiger partial charge in [-0.15, -0.1) is 0 Å². The second kappa shape index (κ2) is 8.41. The summed E-state index contributed by atoms with van der Waals surface area (Å²) in [6, 6.07) is 3.67. The van der Waals surface area contributed by atoms with E-state index >= 15 is 0 Å². The molecule has 1 aromatic heterocycles. The highest BCUT2D eigenvalue weighted by molar-refractivity contribution is 5.85. The first-order valence-corrected chi connectivity index (χ1v) is 9.53. The molecule has 3 rings (SSSR count). The lowest BCUT2D eigenvalue weighted by Crippen LogP contribution is -2.42. The minimum atomic E-state index is -0.0848. The highest BCUT2D eigenvalue weighted by atomic mass is 16.3. The van der Waals surface area contributed by atoms with Crippen LogP contribution in [-0.4, -0.2) is 42.9 Å². The molecule has 1 aliphatic carbocycles. The second-order valence-corrected chi connectivity index (χ2v) is 7.26. The minimum Gasteiger partial charge on any atom is -0.467 e. The normalized spacial score (nSPS) is 20.0. The Morgan fingerprint density at radius 3 is 2.84 bits per heavy atom. The number of aliphatic imine (C=N–C) groups is 1. The Labute approximate surface area is 150 Å². The minimum absolute atomic E-state index is 0.0848. The molecule has 0 aromatic carbocycles. The van der Waals surface area contributed by atoms with Gasteiger partial charge >= 0.3 is 0 Å². The van der Waals surface area contributed by atoms with Crippen LogP contribution in [0, 0.1) is 5.41 Å². The predicted molar refractivity (Wildman–Crippen MR) is 98.2 cm³/mol. The topological polar surface area (TPSA) is 69.9 Å².